The Balaban J connectivity index is 0.861. The van der Waals surface area contributed by atoms with Gasteiger partial charge < -0.3 is 39.5 Å². The van der Waals surface area contributed by atoms with Crippen molar-refractivity contribution in [1.29, 1.82) is 10.5 Å². The summed E-state index contributed by atoms with van der Waals surface area (Å²) >= 11 is 6.25. The fraction of sp³-hybridized carbons (Fsp3) is 0.490. The highest BCUT2D eigenvalue weighted by Crippen LogP contribution is 2.55. The number of piperazine rings is 1. The minimum absolute atomic E-state index is 0.0185. The van der Waals surface area contributed by atoms with Gasteiger partial charge in [-0.1, -0.05) is 65.3 Å². The average molecular weight is 921 g/mol. The lowest BCUT2D eigenvalue weighted by molar-refractivity contribution is -0.164. The molecule has 3 aliphatic rings. The molecule has 2 aromatic heterocycles. The number of aliphatic hydroxyl groups is 1. The van der Waals surface area contributed by atoms with E-state index in [-0.39, 0.29) is 60.7 Å². The van der Waals surface area contributed by atoms with Crippen molar-refractivity contribution < 1.29 is 33.5 Å². The van der Waals surface area contributed by atoms with Crippen LogP contribution in [0.3, 0.4) is 0 Å². The molecule has 16 nitrogen and oxygen atoms in total. The SMILES string of the molecule is CC(NC(=O)[C@@H]1C[C@@H](O)CN1C(=O)C(c1cc(OCCN2CCN(c3ccc(C(=O)NC4C(C)(C)C(Oc5ccc(C#N)c(Cl)c5)C4(C)C)cn3)CC2)no1)C(C)C)c1ccc(C#N)cc1. The van der Waals surface area contributed by atoms with Gasteiger partial charge in [-0.3, -0.25) is 19.3 Å². The van der Waals surface area contributed by atoms with Crippen molar-refractivity contribution >= 4 is 35.1 Å². The predicted octanol–water partition coefficient (Wildman–Crippen LogP) is 5.86. The molecule has 4 aromatic rings. The quantitative estimate of drug-likeness (QED) is 0.128. The summed E-state index contributed by atoms with van der Waals surface area (Å²) in [6, 6.07) is 20.0. The highest BCUT2D eigenvalue weighted by Gasteiger charge is 2.64. The van der Waals surface area contributed by atoms with E-state index in [2.05, 4.69) is 70.4 Å². The normalized spacial score (nSPS) is 22.1. The number of pyridine rings is 1. The molecule has 3 N–H and O–H groups in total. The Hall–Kier alpha value is -6.20. The number of halogens is 1. The molecule has 66 heavy (non-hydrogen) atoms. The number of carbonyl (C=O) groups excluding carboxylic acids is 3. The summed E-state index contributed by atoms with van der Waals surface area (Å²) in [5, 5.41) is 39.6. The molecule has 1 aliphatic carbocycles. The van der Waals surface area contributed by atoms with Crippen molar-refractivity contribution in [1.82, 2.24) is 30.6 Å². The maximum atomic E-state index is 14.1. The zero-order chi connectivity index (χ0) is 47.5. The van der Waals surface area contributed by atoms with Crippen LogP contribution in [0.4, 0.5) is 5.82 Å². The molecule has 4 heterocycles. The molecule has 3 fully saturated rings. The van der Waals surface area contributed by atoms with E-state index in [1.54, 1.807) is 60.8 Å². The Kier molecular flexibility index (Phi) is 14.3. The fourth-order valence-corrected chi connectivity index (χ4v) is 10.2. The van der Waals surface area contributed by atoms with Crippen LogP contribution in [0, 0.1) is 39.4 Å². The third-order valence-electron chi connectivity index (χ3n) is 13.3. The Bertz CT molecular complexity index is 2460. The van der Waals surface area contributed by atoms with Crippen LogP contribution < -0.4 is 25.0 Å². The number of aromatic nitrogens is 2. The lowest BCUT2D eigenvalue weighted by Crippen LogP contribution is -2.74. The summed E-state index contributed by atoms with van der Waals surface area (Å²) in [5.74, 6) is 0.0680. The van der Waals surface area contributed by atoms with Gasteiger partial charge in [-0.15, -0.1) is 0 Å². The number of ether oxygens (including phenoxy) is 2. The van der Waals surface area contributed by atoms with Gasteiger partial charge in [0, 0.05) is 80.9 Å². The number of β-amino-alcohol motifs (C(OH)–C–C–N with tert-alkyl or cyclic N) is 1. The first-order chi connectivity index (χ1) is 31.4. The van der Waals surface area contributed by atoms with E-state index < -0.39 is 28.9 Å². The first kappa shape index (κ1) is 47.8. The number of amides is 3. The molecule has 2 saturated heterocycles. The molecule has 0 radical (unpaired) electrons. The van der Waals surface area contributed by atoms with Crippen LogP contribution in [0.1, 0.15) is 99.7 Å². The first-order valence-corrected chi connectivity index (χ1v) is 22.8. The number of nitrogens with zero attached hydrogens (tertiary/aromatic N) is 7. The van der Waals surface area contributed by atoms with Crippen molar-refractivity contribution in [3.8, 4) is 23.8 Å². The number of nitriles is 2. The standard InChI is InChI=1S/C49H58ClN9O7/c1-29(2)42(45(63)59-28-35(60)22-38(59)44(62)54-30(3)32-10-8-31(25-51)9-11-32)39-24-41(56-66-39)64-21-20-57-16-18-58(19-17-57)40-15-13-34(27-53-40)43(61)55-46-48(4,5)47(49(46,6)7)65-36-14-12-33(26-52)37(50)23-36/h8-15,23-24,27,29-30,35,38,42,46-47,60H,16-22,28H2,1-7H3,(H,54,62)(H,55,61)/t30?,35-,38+,42?,46?,47?/m1/s1. The Morgan fingerprint density at radius 2 is 1.68 bits per heavy atom. The smallest absolute Gasteiger partial charge is 0.254 e. The summed E-state index contributed by atoms with van der Waals surface area (Å²) in [5.41, 5.74) is 1.39. The molecule has 3 amide bonds. The number of rotatable bonds is 15. The summed E-state index contributed by atoms with van der Waals surface area (Å²) in [4.78, 5) is 51.6. The number of benzene rings is 2. The second kappa shape index (κ2) is 19.7. The lowest BCUT2D eigenvalue weighted by atomic mass is 9.49. The summed E-state index contributed by atoms with van der Waals surface area (Å²) in [6.07, 6.45) is 0.658. The van der Waals surface area contributed by atoms with Gasteiger partial charge >= 0.3 is 0 Å². The number of hydrogen-bond acceptors (Lipinski definition) is 13. The summed E-state index contributed by atoms with van der Waals surface area (Å²) < 4.78 is 18.0. The number of carbonyl (C=O) groups is 3. The van der Waals surface area contributed by atoms with Gasteiger partial charge in [-0.2, -0.15) is 10.5 Å². The Labute approximate surface area is 390 Å². The van der Waals surface area contributed by atoms with Gasteiger partial charge in [-0.25, -0.2) is 4.98 Å². The number of likely N-dealkylation sites (tertiary alicyclic amines) is 1. The lowest BCUT2D eigenvalue weighted by Gasteiger charge is -2.63. The zero-order valence-electron chi connectivity index (χ0n) is 38.5. The van der Waals surface area contributed by atoms with E-state index in [9.17, 15) is 24.8 Å². The maximum absolute atomic E-state index is 14.1. The van der Waals surface area contributed by atoms with Crippen LogP contribution >= 0.6 is 11.6 Å². The van der Waals surface area contributed by atoms with E-state index in [1.165, 1.54) is 4.90 Å². The largest absolute Gasteiger partial charge is 0.489 e. The van der Waals surface area contributed by atoms with Crippen LogP contribution in [0.15, 0.2) is 71.4 Å². The monoisotopic (exact) mass is 919 g/mol. The molecule has 4 atom stereocenters. The van der Waals surface area contributed by atoms with E-state index in [0.29, 0.717) is 46.4 Å². The van der Waals surface area contributed by atoms with Crippen LogP contribution in [-0.4, -0.2) is 113 Å². The Morgan fingerprint density at radius 1 is 0.970 bits per heavy atom. The minimum atomic E-state index is -0.867. The van der Waals surface area contributed by atoms with E-state index >= 15 is 0 Å². The third-order valence-corrected chi connectivity index (χ3v) is 13.6. The maximum Gasteiger partial charge on any atom is 0.254 e. The van der Waals surface area contributed by atoms with Crippen molar-refractivity contribution in [2.24, 2.45) is 16.7 Å². The van der Waals surface area contributed by atoms with Crippen LogP contribution in [-0.2, 0) is 9.59 Å². The number of nitrogens with one attached hydrogen (secondary N) is 2. The second-order valence-corrected chi connectivity index (χ2v) is 19.4. The van der Waals surface area contributed by atoms with Gasteiger partial charge in [-0.05, 0) is 60.0 Å². The molecular formula is C49H58ClN9O7. The highest BCUT2D eigenvalue weighted by molar-refractivity contribution is 6.31. The van der Waals surface area contributed by atoms with Crippen LogP contribution in [0.5, 0.6) is 11.6 Å². The minimum Gasteiger partial charge on any atom is -0.489 e. The van der Waals surface area contributed by atoms with Crippen molar-refractivity contribution in [3.63, 3.8) is 0 Å². The molecule has 0 spiro atoms. The van der Waals surface area contributed by atoms with Crippen molar-refractivity contribution in [2.45, 2.75) is 91.1 Å². The zero-order valence-corrected chi connectivity index (χ0v) is 39.2. The van der Waals surface area contributed by atoms with Gasteiger partial charge in [0.05, 0.1) is 39.9 Å². The fourth-order valence-electron chi connectivity index (χ4n) is 9.94. The highest BCUT2D eigenvalue weighted by atomic mass is 35.5. The van der Waals surface area contributed by atoms with Gasteiger partial charge in [0.15, 0.2) is 5.76 Å². The first-order valence-electron chi connectivity index (χ1n) is 22.4. The van der Waals surface area contributed by atoms with Gasteiger partial charge in [0.1, 0.15) is 42.3 Å². The van der Waals surface area contributed by atoms with Crippen LogP contribution in [0.25, 0.3) is 0 Å². The molecule has 348 valence electrons. The molecule has 2 aliphatic heterocycles. The second-order valence-electron chi connectivity index (χ2n) is 19.0. The third kappa shape index (κ3) is 10.1. The van der Waals surface area contributed by atoms with Crippen LogP contribution in [0.2, 0.25) is 5.02 Å². The average Bonchev–Trinajstić information content (AvgIpc) is 3.93. The van der Waals surface area contributed by atoms with Crippen molar-refractivity contribution in [2.75, 3.05) is 50.8 Å². The van der Waals surface area contributed by atoms with E-state index in [4.69, 9.17) is 30.9 Å². The van der Waals surface area contributed by atoms with E-state index in [0.717, 1.165) is 37.6 Å². The Morgan fingerprint density at radius 3 is 2.30 bits per heavy atom. The molecule has 2 unspecified atom stereocenters. The molecule has 0 bridgehead atoms. The van der Waals surface area contributed by atoms with E-state index in [1.807, 2.05) is 26.8 Å². The molecule has 17 heteroatoms. The molecule has 7 rings (SSSR count). The van der Waals surface area contributed by atoms with Gasteiger partial charge in [0.2, 0.25) is 11.8 Å². The number of hydrogen-bond donors (Lipinski definition) is 3. The van der Waals surface area contributed by atoms with Gasteiger partial charge in [0.25, 0.3) is 11.8 Å². The molecular weight excluding hydrogens is 862 g/mol. The molecule has 2 aromatic carbocycles. The number of anilines is 1. The summed E-state index contributed by atoms with van der Waals surface area (Å²) in [6.45, 7) is 17.9. The topological polar surface area (TPSA) is 210 Å². The predicted molar refractivity (Wildman–Crippen MR) is 246 cm³/mol. The number of aliphatic hydroxyl groups excluding tert-OH is 1. The molecule has 1 saturated carbocycles. The summed E-state index contributed by atoms with van der Waals surface area (Å²) in [7, 11) is 0. The van der Waals surface area contributed by atoms with Crippen molar-refractivity contribution in [3.05, 3.63) is 99.9 Å².